The number of carbonyl (C=O) groups excluding carboxylic acids is 1. The van der Waals surface area contributed by atoms with Crippen LogP contribution >= 0.6 is 11.6 Å². The first-order valence-electron chi connectivity index (χ1n) is 7.58. The van der Waals surface area contributed by atoms with E-state index in [-0.39, 0.29) is 5.91 Å². The first kappa shape index (κ1) is 17.7. The highest BCUT2D eigenvalue weighted by Crippen LogP contribution is 2.14. The van der Waals surface area contributed by atoms with E-state index >= 15 is 0 Å². The number of nitrogens with zero attached hydrogens (tertiary/aromatic N) is 2. The zero-order valence-corrected chi connectivity index (χ0v) is 14.2. The molecule has 0 aliphatic heterocycles. The summed E-state index contributed by atoms with van der Waals surface area (Å²) in [5.74, 6) is 0.450. The van der Waals surface area contributed by atoms with E-state index < -0.39 is 0 Å². The van der Waals surface area contributed by atoms with E-state index in [4.69, 9.17) is 11.6 Å². The van der Waals surface area contributed by atoms with Gasteiger partial charge in [0.25, 0.3) is 5.91 Å². The summed E-state index contributed by atoms with van der Waals surface area (Å²) in [6.45, 7) is 1.57. The van der Waals surface area contributed by atoms with Crippen molar-refractivity contribution in [1.29, 1.82) is 0 Å². The van der Waals surface area contributed by atoms with Crippen LogP contribution < -0.4 is 16.0 Å². The second-order valence-electron chi connectivity index (χ2n) is 4.91. The predicted octanol–water partition coefficient (Wildman–Crippen LogP) is 1.83. The molecule has 3 N–H and O–H groups in total. The number of hydrogen-bond acceptors (Lipinski definition) is 3. The number of aliphatic imine (C=N–C) groups is 1. The monoisotopic (exact) mass is 345 g/mol. The molecule has 0 aliphatic carbocycles. The molecular weight excluding hydrogens is 326 g/mol. The van der Waals surface area contributed by atoms with Crippen molar-refractivity contribution in [2.45, 2.75) is 6.54 Å². The smallest absolute Gasteiger partial charge is 0.252 e. The Labute approximate surface area is 146 Å². The van der Waals surface area contributed by atoms with Crippen molar-refractivity contribution in [3.05, 3.63) is 64.9 Å². The molecule has 0 bridgehead atoms. The predicted molar refractivity (Wildman–Crippen MR) is 96.2 cm³/mol. The molecule has 1 heterocycles. The van der Waals surface area contributed by atoms with E-state index in [0.717, 1.165) is 5.69 Å². The molecular formula is C17H20ClN5O. The minimum absolute atomic E-state index is 0.196. The summed E-state index contributed by atoms with van der Waals surface area (Å²) >= 11 is 5.99. The maximum Gasteiger partial charge on any atom is 0.252 e. The maximum absolute atomic E-state index is 12.0. The lowest BCUT2D eigenvalue weighted by molar-refractivity contribution is 0.0954. The summed E-state index contributed by atoms with van der Waals surface area (Å²) < 4.78 is 0. The fourth-order valence-electron chi connectivity index (χ4n) is 2.00. The average Bonchev–Trinajstić information content (AvgIpc) is 2.62. The number of rotatable bonds is 6. The van der Waals surface area contributed by atoms with Gasteiger partial charge < -0.3 is 16.0 Å². The molecule has 1 amide bonds. The number of carbonyl (C=O) groups is 1. The Bertz CT molecular complexity index is 690. The zero-order valence-electron chi connectivity index (χ0n) is 13.4. The van der Waals surface area contributed by atoms with Gasteiger partial charge in [-0.15, -0.1) is 0 Å². The van der Waals surface area contributed by atoms with Crippen LogP contribution in [-0.2, 0) is 6.54 Å². The van der Waals surface area contributed by atoms with Crippen LogP contribution in [-0.4, -0.2) is 37.0 Å². The summed E-state index contributed by atoms with van der Waals surface area (Å²) in [7, 11) is 1.69. The quantitative estimate of drug-likeness (QED) is 0.424. The van der Waals surface area contributed by atoms with Gasteiger partial charge in [-0.25, -0.2) is 0 Å². The van der Waals surface area contributed by atoms with Gasteiger partial charge in [-0.1, -0.05) is 29.8 Å². The molecule has 7 heteroatoms. The Balaban J connectivity index is 1.70. The molecule has 24 heavy (non-hydrogen) atoms. The fourth-order valence-corrected chi connectivity index (χ4v) is 2.22. The second-order valence-corrected chi connectivity index (χ2v) is 5.32. The summed E-state index contributed by atoms with van der Waals surface area (Å²) in [4.78, 5) is 20.4. The molecule has 126 valence electrons. The average molecular weight is 346 g/mol. The Morgan fingerprint density at radius 3 is 2.54 bits per heavy atom. The van der Waals surface area contributed by atoms with E-state index in [1.807, 2.05) is 18.2 Å². The third kappa shape index (κ3) is 5.55. The lowest BCUT2D eigenvalue weighted by Crippen LogP contribution is -2.41. The van der Waals surface area contributed by atoms with Gasteiger partial charge in [0.2, 0.25) is 0 Å². The van der Waals surface area contributed by atoms with Crippen LogP contribution in [0.1, 0.15) is 16.1 Å². The molecule has 0 unspecified atom stereocenters. The number of amides is 1. The summed E-state index contributed by atoms with van der Waals surface area (Å²) in [5, 5.41) is 9.53. The van der Waals surface area contributed by atoms with Crippen molar-refractivity contribution in [3.63, 3.8) is 0 Å². The third-order valence-electron chi connectivity index (χ3n) is 3.21. The second kappa shape index (κ2) is 9.52. The van der Waals surface area contributed by atoms with Crippen LogP contribution in [0.15, 0.2) is 53.7 Å². The number of guanidine groups is 1. The molecule has 0 fully saturated rings. The number of pyridine rings is 1. The molecule has 1 aromatic heterocycles. The molecule has 2 rings (SSSR count). The highest BCUT2D eigenvalue weighted by molar-refractivity contribution is 6.33. The van der Waals surface area contributed by atoms with E-state index in [1.54, 1.807) is 37.5 Å². The van der Waals surface area contributed by atoms with Crippen LogP contribution in [0.4, 0.5) is 0 Å². The minimum Gasteiger partial charge on any atom is -0.355 e. The van der Waals surface area contributed by atoms with Gasteiger partial charge in [0, 0.05) is 26.3 Å². The number of aromatic nitrogens is 1. The highest BCUT2D eigenvalue weighted by atomic mass is 35.5. The van der Waals surface area contributed by atoms with E-state index in [0.29, 0.717) is 36.2 Å². The molecule has 0 spiro atoms. The van der Waals surface area contributed by atoms with E-state index in [1.165, 1.54) is 0 Å². The molecule has 2 aromatic rings. The largest absolute Gasteiger partial charge is 0.355 e. The fraction of sp³-hybridized carbons (Fsp3) is 0.235. The Morgan fingerprint density at radius 1 is 1.08 bits per heavy atom. The van der Waals surface area contributed by atoms with Gasteiger partial charge in [0.1, 0.15) is 0 Å². The summed E-state index contributed by atoms with van der Waals surface area (Å²) in [5.41, 5.74) is 1.39. The molecule has 6 nitrogen and oxygen atoms in total. The normalized spacial score (nSPS) is 11.0. The lowest BCUT2D eigenvalue weighted by atomic mass is 10.2. The number of benzene rings is 1. The van der Waals surface area contributed by atoms with Crippen LogP contribution in [0, 0.1) is 0 Å². The Morgan fingerprint density at radius 2 is 1.83 bits per heavy atom. The van der Waals surface area contributed by atoms with Crippen LogP contribution in [0.5, 0.6) is 0 Å². The van der Waals surface area contributed by atoms with E-state index in [2.05, 4.69) is 25.9 Å². The maximum atomic E-state index is 12.0. The Hall–Kier alpha value is -2.60. The standard InChI is InChI=1S/C17H20ClN5O/c1-19-17(23-12-13-6-4-5-9-20-13)22-11-10-21-16(24)14-7-2-3-8-15(14)18/h2-9H,10-12H2,1H3,(H,21,24)(H2,19,22,23). The highest BCUT2D eigenvalue weighted by Gasteiger charge is 2.08. The zero-order chi connectivity index (χ0) is 17.2. The summed E-state index contributed by atoms with van der Waals surface area (Å²) in [6, 6.07) is 12.7. The number of nitrogens with one attached hydrogen (secondary N) is 3. The summed E-state index contributed by atoms with van der Waals surface area (Å²) in [6.07, 6.45) is 1.75. The van der Waals surface area contributed by atoms with Crippen molar-refractivity contribution < 1.29 is 4.79 Å². The van der Waals surface area contributed by atoms with Gasteiger partial charge >= 0.3 is 0 Å². The molecule has 0 saturated heterocycles. The molecule has 0 aliphatic rings. The lowest BCUT2D eigenvalue weighted by Gasteiger charge is -2.12. The molecule has 0 radical (unpaired) electrons. The van der Waals surface area contributed by atoms with Crippen molar-refractivity contribution in [1.82, 2.24) is 20.9 Å². The third-order valence-corrected chi connectivity index (χ3v) is 3.54. The van der Waals surface area contributed by atoms with Gasteiger partial charge in [-0.3, -0.25) is 14.8 Å². The van der Waals surface area contributed by atoms with Crippen molar-refractivity contribution in [2.24, 2.45) is 4.99 Å². The molecule has 1 aromatic carbocycles. The Kier molecular flexibility index (Phi) is 7.04. The van der Waals surface area contributed by atoms with Crippen LogP contribution in [0.25, 0.3) is 0 Å². The topological polar surface area (TPSA) is 78.4 Å². The van der Waals surface area contributed by atoms with Crippen LogP contribution in [0.2, 0.25) is 5.02 Å². The van der Waals surface area contributed by atoms with Gasteiger partial charge in [0.15, 0.2) is 5.96 Å². The van der Waals surface area contributed by atoms with Crippen molar-refractivity contribution in [3.8, 4) is 0 Å². The SMILES string of the molecule is CN=C(NCCNC(=O)c1ccccc1Cl)NCc1ccccn1. The number of hydrogen-bond donors (Lipinski definition) is 3. The minimum atomic E-state index is -0.196. The first-order valence-corrected chi connectivity index (χ1v) is 7.95. The van der Waals surface area contributed by atoms with Gasteiger partial charge in [-0.2, -0.15) is 0 Å². The molecule has 0 atom stereocenters. The first-order chi connectivity index (χ1) is 11.7. The van der Waals surface area contributed by atoms with E-state index in [9.17, 15) is 4.79 Å². The van der Waals surface area contributed by atoms with Crippen LogP contribution in [0.3, 0.4) is 0 Å². The van der Waals surface area contributed by atoms with Crippen molar-refractivity contribution >= 4 is 23.5 Å². The van der Waals surface area contributed by atoms with Crippen molar-refractivity contribution in [2.75, 3.05) is 20.1 Å². The van der Waals surface area contributed by atoms with Gasteiger partial charge in [-0.05, 0) is 24.3 Å². The molecule has 0 saturated carbocycles. The number of halogens is 1. The van der Waals surface area contributed by atoms with Gasteiger partial charge in [0.05, 0.1) is 22.8 Å².